The molecule has 6 heteroatoms. The van der Waals surface area contributed by atoms with Crippen LogP contribution >= 0.6 is 0 Å². The lowest BCUT2D eigenvalue weighted by Crippen LogP contribution is -2.37. The minimum atomic E-state index is 0.399. The zero-order chi connectivity index (χ0) is 17.2. The van der Waals surface area contributed by atoms with Crippen LogP contribution in [0.15, 0.2) is 18.2 Å². The van der Waals surface area contributed by atoms with Crippen LogP contribution in [0.5, 0.6) is 11.5 Å². The van der Waals surface area contributed by atoms with Gasteiger partial charge in [-0.2, -0.15) is 0 Å². The van der Waals surface area contributed by atoms with Crippen molar-refractivity contribution < 1.29 is 9.47 Å². The number of nitrogens with one attached hydrogen (secondary N) is 1. The van der Waals surface area contributed by atoms with Crippen LogP contribution in [0.2, 0.25) is 0 Å². The predicted octanol–water partition coefficient (Wildman–Crippen LogP) is 2.67. The SMILES string of the molecule is CC(C)c1nnc2n1CC(NCc1cccc3c1OCCCO3)CC2. The van der Waals surface area contributed by atoms with Gasteiger partial charge in [0.1, 0.15) is 11.6 Å². The highest BCUT2D eigenvalue weighted by molar-refractivity contribution is 5.47. The van der Waals surface area contributed by atoms with Gasteiger partial charge in [0.15, 0.2) is 11.5 Å². The first-order valence-electron chi connectivity index (χ1n) is 9.25. The van der Waals surface area contributed by atoms with Gasteiger partial charge in [-0.05, 0) is 12.5 Å². The van der Waals surface area contributed by atoms with Gasteiger partial charge in [0.25, 0.3) is 0 Å². The lowest BCUT2D eigenvalue weighted by atomic mass is 10.1. The number of nitrogens with zero attached hydrogens (tertiary/aromatic N) is 3. The summed E-state index contributed by atoms with van der Waals surface area (Å²) in [5.74, 6) is 4.37. The first-order chi connectivity index (χ1) is 12.2. The molecule has 1 aromatic carbocycles. The van der Waals surface area contributed by atoms with Crippen LogP contribution in [0.4, 0.5) is 0 Å². The molecule has 4 rings (SSSR count). The second-order valence-corrected chi connectivity index (χ2v) is 7.15. The topological polar surface area (TPSA) is 61.2 Å². The van der Waals surface area contributed by atoms with Crippen molar-refractivity contribution >= 4 is 0 Å². The summed E-state index contributed by atoms with van der Waals surface area (Å²) < 4.78 is 14.0. The average Bonchev–Trinajstić information content (AvgIpc) is 2.89. The molecule has 0 amide bonds. The fraction of sp³-hybridized carbons (Fsp3) is 0.579. The molecule has 0 fully saturated rings. The predicted molar refractivity (Wildman–Crippen MR) is 95.1 cm³/mol. The number of hydrogen-bond acceptors (Lipinski definition) is 5. The summed E-state index contributed by atoms with van der Waals surface area (Å²) in [7, 11) is 0. The number of rotatable bonds is 4. The standard InChI is InChI=1S/C19H26N4O2/c1-13(2)19-22-21-17-8-7-15(12-23(17)19)20-11-14-5-3-6-16-18(14)25-10-4-9-24-16/h3,5-6,13,15,20H,4,7-12H2,1-2H3. The number of aromatic nitrogens is 3. The molecule has 1 N–H and O–H groups in total. The minimum Gasteiger partial charge on any atom is -0.490 e. The maximum Gasteiger partial charge on any atom is 0.165 e. The second-order valence-electron chi connectivity index (χ2n) is 7.15. The molecular formula is C19H26N4O2. The van der Waals surface area contributed by atoms with E-state index in [0.29, 0.717) is 12.0 Å². The first-order valence-corrected chi connectivity index (χ1v) is 9.25. The van der Waals surface area contributed by atoms with E-state index >= 15 is 0 Å². The van der Waals surface area contributed by atoms with Crippen LogP contribution < -0.4 is 14.8 Å². The molecular weight excluding hydrogens is 316 g/mol. The Morgan fingerprint density at radius 2 is 2.12 bits per heavy atom. The summed E-state index contributed by atoms with van der Waals surface area (Å²) in [6.45, 7) is 7.50. The molecule has 2 aliphatic heterocycles. The highest BCUT2D eigenvalue weighted by atomic mass is 16.5. The van der Waals surface area contributed by atoms with Crippen LogP contribution in [0.1, 0.15) is 49.8 Å². The number of ether oxygens (including phenoxy) is 2. The largest absolute Gasteiger partial charge is 0.490 e. The molecule has 134 valence electrons. The molecule has 0 spiro atoms. The molecule has 2 aromatic rings. The van der Waals surface area contributed by atoms with E-state index in [4.69, 9.17) is 9.47 Å². The van der Waals surface area contributed by atoms with Gasteiger partial charge in [0.05, 0.1) is 13.2 Å². The van der Waals surface area contributed by atoms with Crippen molar-refractivity contribution in [2.45, 2.75) is 58.2 Å². The van der Waals surface area contributed by atoms with E-state index < -0.39 is 0 Å². The second kappa shape index (κ2) is 7.04. The van der Waals surface area contributed by atoms with Crippen LogP contribution in [-0.2, 0) is 19.5 Å². The Labute approximate surface area is 148 Å². The lowest BCUT2D eigenvalue weighted by molar-refractivity contribution is 0.295. The summed E-state index contributed by atoms with van der Waals surface area (Å²) in [5.41, 5.74) is 1.16. The van der Waals surface area contributed by atoms with Crippen molar-refractivity contribution in [3.63, 3.8) is 0 Å². The highest BCUT2D eigenvalue weighted by Gasteiger charge is 2.24. The molecule has 0 aliphatic carbocycles. The fourth-order valence-electron chi connectivity index (χ4n) is 3.59. The van der Waals surface area contributed by atoms with Crippen molar-refractivity contribution in [1.82, 2.24) is 20.1 Å². The van der Waals surface area contributed by atoms with E-state index in [1.54, 1.807) is 0 Å². The summed E-state index contributed by atoms with van der Waals surface area (Å²) in [6, 6.07) is 6.57. The number of hydrogen-bond donors (Lipinski definition) is 1. The lowest BCUT2D eigenvalue weighted by Gasteiger charge is -2.26. The van der Waals surface area contributed by atoms with E-state index in [1.807, 2.05) is 12.1 Å². The van der Waals surface area contributed by atoms with Crippen molar-refractivity contribution in [1.29, 1.82) is 0 Å². The van der Waals surface area contributed by atoms with E-state index in [9.17, 15) is 0 Å². The van der Waals surface area contributed by atoms with Gasteiger partial charge in [-0.15, -0.1) is 10.2 Å². The molecule has 3 heterocycles. The number of fused-ring (bicyclic) bond motifs is 2. The Morgan fingerprint density at radius 1 is 1.24 bits per heavy atom. The number of para-hydroxylation sites is 1. The normalized spacial score (nSPS) is 19.6. The van der Waals surface area contributed by atoms with Crippen molar-refractivity contribution in [2.24, 2.45) is 0 Å². The highest BCUT2D eigenvalue weighted by Crippen LogP contribution is 2.33. The zero-order valence-corrected chi connectivity index (χ0v) is 15.0. The van der Waals surface area contributed by atoms with Crippen LogP contribution in [-0.4, -0.2) is 34.0 Å². The summed E-state index contributed by atoms with van der Waals surface area (Å²) in [5, 5.41) is 12.4. The van der Waals surface area contributed by atoms with Gasteiger partial charge in [-0.3, -0.25) is 0 Å². The third kappa shape index (κ3) is 3.35. The third-order valence-corrected chi connectivity index (χ3v) is 4.93. The van der Waals surface area contributed by atoms with Gasteiger partial charge in [0.2, 0.25) is 0 Å². The monoisotopic (exact) mass is 342 g/mol. The Morgan fingerprint density at radius 3 is 3.00 bits per heavy atom. The molecule has 1 aromatic heterocycles. The summed E-state index contributed by atoms with van der Waals surface area (Å²) >= 11 is 0. The zero-order valence-electron chi connectivity index (χ0n) is 15.0. The van der Waals surface area contributed by atoms with Crippen molar-refractivity contribution in [2.75, 3.05) is 13.2 Å². The van der Waals surface area contributed by atoms with E-state index in [1.165, 1.54) is 0 Å². The van der Waals surface area contributed by atoms with Crippen molar-refractivity contribution in [3.8, 4) is 11.5 Å². The smallest absolute Gasteiger partial charge is 0.165 e. The molecule has 0 radical (unpaired) electrons. The van der Waals surface area contributed by atoms with Crippen LogP contribution in [0.25, 0.3) is 0 Å². The first kappa shape index (κ1) is 16.4. The van der Waals surface area contributed by atoms with E-state index in [0.717, 1.165) is 74.3 Å². The summed E-state index contributed by atoms with van der Waals surface area (Å²) in [4.78, 5) is 0. The molecule has 0 bridgehead atoms. The molecule has 0 saturated heterocycles. The molecule has 6 nitrogen and oxygen atoms in total. The van der Waals surface area contributed by atoms with Gasteiger partial charge in [-0.1, -0.05) is 26.0 Å². The van der Waals surface area contributed by atoms with E-state index in [2.05, 4.69) is 40.0 Å². The Hall–Kier alpha value is -2.08. The fourth-order valence-corrected chi connectivity index (χ4v) is 3.59. The van der Waals surface area contributed by atoms with Gasteiger partial charge in [0, 0.05) is 43.5 Å². The number of benzene rings is 1. The third-order valence-electron chi connectivity index (χ3n) is 4.93. The maximum atomic E-state index is 5.92. The molecule has 0 saturated carbocycles. The van der Waals surface area contributed by atoms with E-state index in [-0.39, 0.29) is 0 Å². The average molecular weight is 342 g/mol. The minimum absolute atomic E-state index is 0.399. The summed E-state index contributed by atoms with van der Waals surface area (Å²) in [6.07, 6.45) is 2.99. The van der Waals surface area contributed by atoms with Gasteiger partial charge >= 0.3 is 0 Å². The quantitative estimate of drug-likeness (QED) is 0.926. The van der Waals surface area contributed by atoms with Crippen molar-refractivity contribution in [3.05, 3.63) is 35.4 Å². The Bertz CT molecular complexity index is 741. The Kier molecular flexibility index (Phi) is 4.61. The molecule has 1 unspecified atom stereocenters. The molecule has 2 aliphatic rings. The maximum absolute atomic E-state index is 5.92. The van der Waals surface area contributed by atoms with Crippen LogP contribution in [0.3, 0.4) is 0 Å². The Balaban J connectivity index is 1.45. The van der Waals surface area contributed by atoms with Crippen LogP contribution in [0, 0.1) is 0 Å². The van der Waals surface area contributed by atoms with Gasteiger partial charge < -0.3 is 19.4 Å². The van der Waals surface area contributed by atoms with Gasteiger partial charge in [-0.25, -0.2) is 0 Å². The molecule has 1 atom stereocenters. The number of aryl methyl sites for hydroxylation is 1. The molecule has 25 heavy (non-hydrogen) atoms.